The smallest absolute Gasteiger partial charge is 0.333 e. The summed E-state index contributed by atoms with van der Waals surface area (Å²) in [5.74, 6) is -0.158. The number of carboxylic acids is 1. The molecule has 134 valence electrons. The number of ether oxygens (including phenoxy) is 2. The Morgan fingerprint density at radius 2 is 1.72 bits per heavy atom. The first kappa shape index (κ1) is 18.8. The lowest BCUT2D eigenvalue weighted by Crippen LogP contribution is -2.26. The van der Waals surface area contributed by atoms with Gasteiger partial charge in [0, 0.05) is 18.7 Å². The maximum atomic E-state index is 11.1. The molecule has 1 atom stereocenters. The maximum Gasteiger partial charge on any atom is 0.333 e. The SMILES string of the molecule is CCOC(Cc1ccc(OCCCc2ccc(N)cc2)cc1)C(=O)O. The molecule has 0 saturated heterocycles. The van der Waals surface area contributed by atoms with Crippen molar-refractivity contribution in [2.45, 2.75) is 32.3 Å². The molecule has 0 bridgehead atoms. The van der Waals surface area contributed by atoms with Crippen molar-refractivity contribution in [3.8, 4) is 5.75 Å². The lowest BCUT2D eigenvalue weighted by molar-refractivity contribution is -0.149. The standard InChI is InChI=1S/C20H25NO4/c1-2-24-19(20(22)23)14-16-7-11-18(12-8-16)25-13-3-4-15-5-9-17(21)10-6-15/h5-12,19H,2-4,13-14,21H2,1H3,(H,22,23). The number of rotatable bonds is 10. The number of carboxylic acid groups (broad SMARTS) is 1. The summed E-state index contributed by atoms with van der Waals surface area (Å²) >= 11 is 0. The maximum absolute atomic E-state index is 11.1. The summed E-state index contributed by atoms with van der Waals surface area (Å²) in [6, 6.07) is 15.4. The highest BCUT2D eigenvalue weighted by atomic mass is 16.5. The van der Waals surface area contributed by atoms with Gasteiger partial charge in [-0.25, -0.2) is 4.79 Å². The van der Waals surface area contributed by atoms with Gasteiger partial charge in [0.2, 0.25) is 0 Å². The number of carbonyl (C=O) groups is 1. The third-order valence-electron chi connectivity index (χ3n) is 3.85. The Hall–Kier alpha value is -2.53. The van der Waals surface area contributed by atoms with Gasteiger partial charge in [0.15, 0.2) is 6.10 Å². The van der Waals surface area contributed by atoms with Gasteiger partial charge in [0.25, 0.3) is 0 Å². The van der Waals surface area contributed by atoms with Crippen LogP contribution in [0.4, 0.5) is 5.69 Å². The molecular weight excluding hydrogens is 318 g/mol. The fourth-order valence-corrected chi connectivity index (χ4v) is 2.51. The number of aliphatic carboxylic acids is 1. The molecule has 0 aliphatic carbocycles. The summed E-state index contributed by atoms with van der Waals surface area (Å²) in [6.07, 6.45) is 1.39. The van der Waals surface area contributed by atoms with Gasteiger partial charge in [-0.3, -0.25) is 0 Å². The summed E-state index contributed by atoms with van der Waals surface area (Å²) in [5.41, 5.74) is 8.59. The Kier molecular flexibility index (Phi) is 7.29. The van der Waals surface area contributed by atoms with E-state index in [2.05, 4.69) is 0 Å². The first-order chi connectivity index (χ1) is 12.1. The number of benzene rings is 2. The van der Waals surface area contributed by atoms with Crippen LogP contribution in [0, 0.1) is 0 Å². The predicted octanol–water partition coefficient (Wildman–Crippen LogP) is 3.31. The van der Waals surface area contributed by atoms with Crippen LogP contribution >= 0.6 is 0 Å². The predicted molar refractivity (Wildman–Crippen MR) is 97.9 cm³/mol. The number of anilines is 1. The van der Waals surface area contributed by atoms with Crippen LogP contribution in [0.5, 0.6) is 5.75 Å². The van der Waals surface area contributed by atoms with Crippen LogP contribution in [-0.4, -0.2) is 30.4 Å². The number of hydrogen-bond donors (Lipinski definition) is 2. The molecule has 0 amide bonds. The van der Waals surface area contributed by atoms with E-state index in [0.717, 1.165) is 29.8 Å². The summed E-state index contributed by atoms with van der Waals surface area (Å²) in [4.78, 5) is 11.1. The lowest BCUT2D eigenvalue weighted by Gasteiger charge is -2.13. The van der Waals surface area contributed by atoms with Crippen LogP contribution in [0.25, 0.3) is 0 Å². The molecule has 0 fully saturated rings. The minimum absolute atomic E-state index is 0.348. The number of aryl methyl sites for hydroxylation is 1. The van der Waals surface area contributed by atoms with Gasteiger partial charge < -0.3 is 20.3 Å². The van der Waals surface area contributed by atoms with E-state index in [9.17, 15) is 4.79 Å². The molecule has 25 heavy (non-hydrogen) atoms. The van der Waals surface area contributed by atoms with E-state index < -0.39 is 12.1 Å². The molecule has 0 aliphatic rings. The molecule has 5 nitrogen and oxygen atoms in total. The number of nitrogen functional groups attached to an aromatic ring is 1. The second-order valence-electron chi connectivity index (χ2n) is 5.82. The third kappa shape index (κ3) is 6.47. The van der Waals surface area contributed by atoms with Crippen molar-refractivity contribution in [1.82, 2.24) is 0 Å². The van der Waals surface area contributed by atoms with E-state index in [1.807, 2.05) is 48.5 Å². The van der Waals surface area contributed by atoms with Crippen LogP contribution in [0.1, 0.15) is 24.5 Å². The van der Waals surface area contributed by atoms with Gasteiger partial charge in [-0.2, -0.15) is 0 Å². The second-order valence-corrected chi connectivity index (χ2v) is 5.82. The van der Waals surface area contributed by atoms with Gasteiger partial charge in [-0.15, -0.1) is 0 Å². The second kappa shape index (κ2) is 9.69. The molecule has 2 aromatic rings. The first-order valence-corrected chi connectivity index (χ1v) is 8.49. The van der Waals surface area contributed by atoms with Gasteiger partial charge in [-0.05, 0) is 55.2 Å². The molecule has 1 unspecified atom stereocenters. The van der Waals surface area contributed by atoms with E-state index in [1.54, 1.807) is 6.92 Å². The van der Waals surface area contributed by atoms with Crippen molar-refractivity contribution >= 4 is 11.7 Å². The molecule has 0 heterocycles. The molecule has 2 aromatic carbocycles. The van der Waals surface area contributed by atoms with Crippen molar-refractivity contribution < 1.29 is 19.4 Å². The van der Waals surface area contributed by atoms with Gasteiger partial charge in [0.1, 0.15) is 5.75 Å². The van der Waals surface area contributed by atoms with E-state index in [0.29, 0.717) is 19.6 Å². The highest BCUT2D eigenvalue weighted by molar-refractivity contribution is 5.72. The Morgan fingerprint density at radius 1 is 1.08 bits per heavy atom. The highest BCUT2D eigenvalue weighted by Crippen LogP contribution is 2.15. The third-order valence-corrected chi connectivity index (χ3v) is 3.85. The fraction of sp³-hybridized carbons (Fsp3) is 0.350. The van der Waals surface area contributed by atoms with Crippen molar-refractivity contribution in [1.29, 1.82) is 0 Å². The van der Waals surface area contributed by atoms with Crippen molar-refractivity contribution in [2.24, 2.45) is 0 Å². The van der Waals surface area contributed by atoms with Gasteiger partial charge in [0.05, 0.1) is 6.61 Å². The Bertz CT molecular complexity index is 652. The van der Waals surface area contributed by atoms with Crippen molar-refractivity contribution in [3.05, 3.63) is 59.7 Å². The Balaban J connectivity index is 1.76. The van der Waals surface area contributed by atoms with Crippen LogP contribution in [-0.2, 0) is 22.4 Å². The van der Waals surface area contributed by atoms with E-state index in [4.69, 9.17) is 20.3 Å². The molecule has 0 saturated carbocycles. The monoisotopic (exact) mass is 343 g/mol. The zero-order valence-electron chi connectivity index (χ0n) is 14.5. The zero-order valence-corrected chi connectivity index (χ0v) is 14.5. The van der Waals surface area contributed by atoms with Gasteiger partial charge >= 0.3 is 5.97 Å². The average molecular weight is 343 g/mol. The number of hydrogen-bond acceptors (Lipinski definition) is 4. The summed E-state index contributed by atoms with van der Waals surface area (Å²) < 4.78 is 11.0. The first-order valence-electron chi connectivity index (χ1n) is 8.49. The van der Waals surface area contributed by atoms with Crippen LogP contribution in [0.2, 0.25) is 0 Å². The molecule has 0 spiro atoms. The minimum Gasteiger partial charge on any atom is -0.494 e. The van der Waals surface area contributed by atoms with Crippen LogP contribution < -0.4 is 10.5 Å². The largest absolute Gasteiger partial charge is 0.494 e. The topological polar surface area (TPSA) is 81.8 Å². The van der Waals surface area contributed by atoms with Crippen LogP contribution in [0.15, 0.2) is 48.5 Å². The summed E-state index contributed by atoms with van der Waals surface area (Å²) in [7, 11) is 0. The molecule has 5 heteroatoms. The molecule has 3 N–H and O–H groups in total. The zero-order chi connectivity index (χ0) is 18.1. The summed E-state index contributed by atoms with van der Waals surface area (Å²) in [6.45, 7) is 2.80. The summed E-state index contributed by atoms with van der Waals surface area (Å²) in [5, 5.41) is 9.12. The van der Waals surface area contributed by atoms with E-state index in [-0.39, 0.29) is 0 Å². The van der Waals surface area contributed by atoms with E-state index >= 15 is 0 Å². The van der Waals surface area contributed by atoms with Gasteiger partial charge in [-0.1, -0.05) is 24.3 Å². The number of nitrogens with two attached hydrogens (primary N) is 1. The molecule has 0 aliphatic heterocycles. The normalized spacial score (nSPS) is 11.9. The Morgan fingerprint density at radius 3 is 2.32 bits per heavy atom. The highest BCUT2D eigenvalue weighted by Gasteiger charge is 2.17. The molecular formula is C20H25NO4. The van der Waals surface area contributed by atoms with E-state index in [1.165, 1.54) is 5.56 Å². The van der Waals surface area contributed by atoms with Crippen LogP contribution in [0.3, 0.4) is 0 Å². The molecule has 0 radical (unpaired) electrons. The average Bonchev–Trinajstić information content (AvgIpc) is 2.61. The minimum atomic E-state index is -0.940. The van der Waals surface area contributed by atoms with Crippen molar-refractivity contribution in [2.75, 3.05) is 18.9 Å². The van der Waals surface area contributed by atoms with Crippen molar-refractivity contribution in [3.63, 3.8) is 0 Å². The molecule has 2 rings (SSSR count). The molecule has 0 aromatic heterocycles. The fourth-order valence-electron chi connectivity index (χ4n) is 2.51. The quantitative estimate of drug-likeness (QED) is 0.511. The lowest BCUT2D eigenvalue weighted by atomic mass is 10.1. The Labute approximate surface area is 148 Å².